The van der Waals surface area contributed by atoms with Crippen molar-refractivity contribution in [1.29, 1.82) is 0 Å². The first-order chi connectivity index (χ1) is 16.4. The smallest absolute Gasteiger partial charge is 0.417 e. The van der Waals surface area contributed by atoms with Crippen LogP contribution in [0.3, 0.4) is 0 Å². The van der Waals surface area contributed by atoms with E-state index in [1.165, 1.54) is 18.3 Å². The summed E-state index contributed by atoms with van der Waals surface area (Å²) < 4.78 is 75.0. The third kappa shape index (κ3) is 4.98. The number of aromatic nitrogens is 2. The van der Waals surface area contributed by atoms with E-state index < -0.39 is 21.8 Å². The third-order valence-electron chi connectivity index (χ3n) is 6.11. The van der Waals surface area contributed by atoms with Crippen molar-refractivity contribution in [1.82, 2.24) is 14.5 Å². The molecule has 0 spiro atoms. The van der Waals surface area contributed by atoms with Gasteiger partial charge < -0.3 is 9.64 Å². The second kappa shape index (κ2) is 9.36. The van der Waals surface area contributed by atoms with Gasteiger partial charge in [-0.1, -0.05) is 11.6 Å². The van der Waals surface area contributed by atoms with E-state index in [1.807, 2.05) is 14.1 Å². The molecular formula is C23H24ClF3N4O3S. The molecule has 0 saturated carbocycles. The van der Waals surface area contributed by atoms with Gasteiger partial charge >= 0.3 is 6.18 Å². The molecule has 3 aromatic rings. The molecule has 7 nitrogen and oxygen atoms in total. The highest BCUT2D eigenvalue weighted by molar-refractivity contribution is 7.92. The maximum atomic E-state index is 13.4. The van der Waals surface area contributed by atoms with Crippen LogP contribution >= 0.6 is 11.6 Å². The first-order valence-electron chi connectivity index (χ1n) is 10.7. The van der Waals surface area contributed by atoms with Gasteiger partial charge in [0, 0.05) is 24.0 Å². The molecular weight excluding hydrogens is 505 g/mol. The number of rotatable bonds is 6. The SMILES string of the molecule is COc1ccc(NS(=O)(=O)c2cccn2-c2ncc(C(F)(F)F)cc2Cl)c2c1C[C@@H](N(C)C)CC2. The number of fused-ring (bicyclic) bond motifs is 1. The maximum Gasteiger partial charge on any atom is 0.417 e. The largest absolute Gasteiger partial charge is 0.496 e. The van der Waals surface area contributed by atoms with Crippen molar-refractivity contribution < 1.29 is 26.3 Å². The predicted octanol–water partition coefficient (Wildman–Crippen LogP) is 4.77. The van der Waals surface area contributed by atoms with Gasteiger partial charge in [-0.2, -0.15) is 21.6 Å². The zero-order valence-corrected chi connectivity index (χ0v) is 20.8. The zero-order chi connectivity index (χ0) is 25.5. The number of hydrogen-bond acceptors (Lipinski definition) is 5. The Morgan fingerprint density at radius 2 is 1.97 bits per heavy atom. The van der Waals surface area contributed by atoms with Crippen molar-refractivity contribution in [2.45, 2.75) is 36.5 Å². The van der Waals surface area contributed by atoms with Crippen molar-refractivity contribution in [3.63, 3.8) is 0 Å². The summed E-state index contributed by atoms with van der Waals surface area (Å²) in [7, 11) is 1.44. The van der Waals surface area contributed by atoms with Crippen LogP contribution in [-0.2, 0) is 29.0 Å². The Kier molecular flexibility index (Phi) is 6.78. The Bertz CT molecular complexity index is 1360. The highest BCUT2D eigenvalue weighted by Gasteiger charge is 2.32. The zero-order valence-electron chi connectivity index (χ0n) is 19.2. The van der Waals surface area contributed by atoms with Gasteiger partial charge in [-0.05, 0) is 69.3 Å². The minimum Gasteiger partial charge on any atom is -0.496 e. The molecule has 2 heterocycles. The molecule has 1 aliphatic rings. The van der Waals surface area contributed by atoms with Gasteiger partial charge in [-0.15, -0.1) is 0 Å². The van der Waals surface area contributed by atoms with E-state index in [2.05, 4.69) is 14.6 Å². The van der Waals surface area contributed by atoms with Crippen LogP contribution in [-0.4, -0.2) is 50.1 Å². The molecule has 12 heteroatoms. The Balaban J connectivity index is 1.70. The number of hydrogen-bond donors (Lipinski definition) is 1. The topological polar surface area (TPSA) is 76.5 Å². The fourth-order valence-electron chi connectivity index (χ4n) is 4.28. The molecule has 35 heavy (non-hydrogen) atoms. The van der Waals surface area contributed by atoms with Crippen LogP contribution in [0.4, 0.5) is 18.9 Å². The summed E-state index contributed by atoms with van der Waals surface area (Å²) in [6.07, 6.45) is -0.416. The summed E-state index contributed by atoms with van der Waals surface area (Å²) in [6, 6.07) is 7.18. The first kappa shape index (κ1) is 25.3. The average Bonchev–Trinajstić information content (AvgIpc) is 3.29. The number of alkyl halides is 3. The summed E-state index contributed by atoms with van der Waals surface area (Å²) in [4.78, 5) is 5.92. The molecule has 0 aliphatic heterocycles. The van der Waals surface area contributed by atoms with Gasteiger partial charge in [-0.3, -0.25) is 9.29 Å². The Labute approximate surface area is 206 Å². The molecule has 0 bridgehead atoms. The lowest BCUT2D eigenvalue weighted by atomic mass is 9.86. The van der Waals surface area contributed by atoms with Gasteiger partial charge in [0.05, 0.1) is 23.4 Å². The van der Waals surface area contributed by atoms with Crippen molar-refractivity contribution in [2.75, 3.05) is 25.9 Å². The number of anilines is 1. The van der Waals surface area contributed by atoms with Crippen LogP contribution in [0.5, 0.6) is 5.75 Å². The van der Waals surface area contributed by atoms with Crippen LogP contribution in [0.1, 0.15) is 23.1 Å². The summed E-state index contributed by atoms with van der Waals surface area (Å²) in [6.45, 7) is 0. The number of halogens is 4. The van der Waals surface area contributed by atoms with E-state index in [4.69, 9.17) is 16.3 Å². The molecule has 1 atom stereocenters. The number of likely N-dealkylation sites (N-methyl/N-ethyl adjacent to an activating group) is 1. The fourth-order valence-corrected chi connectivity index (χ4v) is 5.78. The number of nitrogens with zero attached hydrogens (tertiary/aromatic N) is 3. The lowest BCUT2D eigenvalue weighted by Gasteiger charge is -2.32. The van der Waals surface area contributed by atoms with Crippen molar-refractivity contribution in [3.8, 4) is 11.6 Å². The number of nitrogens with one attached hydrogen (secondary N) is 1. The molecule has 4 rings (SSSR count). The molecule has 0 radical (unpaired) electrons. The highest BCUT2D eigenvalue weighted by Crippen LogP contribution is 2.37. The lowest BCUT2D eigenvalue weighted by molar-refractivity contribution is -0.137. The normalized spacial score (nSPS) is 16.3. The van der Waals surface area contributed by atoms with Gasteiger partial charge in [0.2, 0.25) is 0 Å². The minimum absolute atomic E-state index is 0.129. The molecule has 188 valence electrons. The summed E-state index contributed by atoms with van der Waals surface area (Å²) in [5, 5.41) is -0.540. The van der Waals surface area contributed by atoms with Crippen LogP contribution in [0, 0.1) is 0 Å². The number of pyridine rings is 1. The lowest BCUT2D eigenvalue weighted by Crippen LogP contribution is -2.34. The van der Waals surface area contributed by atoms with Crippen molar-refractivity contribution >= 4 is 27.3 Å². The predicted molar refractivity (Wildman–Crippen MR) is 127 cm³/mol. The maximum absolute atomic E-state index is 13.4. The molecule has 2 aromatic heterocycles. The van der Waals surface area contributed by atoms with Gasteiger partial charge in [-0.25, -0.2) is 4.98 Å². The second-order valence-corrected chi connectivity index (χ2v) is 10.5. The molecule has 0 amide bonds. The standard InChI is InChI=1S/C23H24ClF3N4O3S/c1-30(2)15-6-7-16-17(12-15)20(34-3)9-8-19(16)29-35(32,33)21-5-4-10-31(21)22-18(24)11-14(13-28-22)23(25,26)27/h4-5,8-11,13,15,29H,6-7,12H2,1-3H3/t15-/m0/s1. The van der Waals surface area contributed by atoms with Gasteiger partial charge in [0.15, 0.2) is 10.8 Å². The Morgan fingerprint density at radius 1 is 1.23 bits per heavy atom. The van der Waals surface area contributed by atoms with Gasteiger partial charge in [0.1, 0.15) is 5.75 Å². The summed E-state index contributed by atoms with van der Waals surface area (Å²) in [5.41, 5.74) is 1.20. The molecule has 1 aliphatic carbocycles. The Hall–Kier alpha value is -2.76. The molecule has 1 aromatic carbocycles. The summed E-state index contributed by atoms with van der Waals surface area (Å²) >= 11 is 6.06. The van der Waals surface area contributed by atoms with Crippen LogP contribution < -0.4 is 9.46 Å². The van der Waals surface area contributed by atoms with E-state index in [0.717, 1.165) is 22.1 Å². The van der Waals surface area contributed by atoms with Crippen LogP contribution in [0.2, 0.25) is 5.02 Å². The molecule has 0 unspecified atom stereocenters. The average molecular weight is 529 g/mol. The fraction of sp³-hybridized carbons (Fsp3) is 0.348. The van der Waals surface area contributed by atoms with E-state index >= 15 is 0 Å². The molecule has 0 fully saturated rings. The van der Waals surface area contributed by atoms with Crippen LogP contribution in [0.15, 0.2) is 47.8 Å². The van der Waals surface area contributed by atoms with E-state index in [-0.39, 0.29) is 15.9 Å². The third-order valence-corrected chi connectivity index (χ3v) is 7.76. The van der Waals surface area contributed by atoms with E-state index in [0.29, 0.717) is 42.6 Å². The van der Waals surface area contributed by atoms with E-state index in [1.54, 1.807) is 19.2 Å². The van der Waals surface area contributed by atoms with Gasteiger partial charge in [0.25, 0.3) is 10.0 Å². The number of ether oxygens (including phenoxy) is 1. The number of methoxy groups -OCH3 is 1. The number of sulfonamides is 1. The minimum atomic E-state index is -4.62. The van der Waals surface area contributed by atoms with E-state index in [9.17, 15) is 21.6 Å². The molecule has 0 saturated heterocycles. The Morgan fingerprint density at radius 3 is 2.60 bits per heavy atom. The quantitative estimate of drug-likeness (QED) is 0.498. The molecule has 1 N–H and O–H groups in total. The van der Waals surface area contributed by atoms with Crippen LogP contribution in [0.25, 0.3) is 5.82 Å². The number of benzene rings is 1. The first-order valence-corrected chi connectivity index (χ1v) is 12.6. The summed E-state index contributed by atoms with van der Waals surface area (Å²) in [5.74, 6) is 0.564. The van der Waals surface area contributed by atoms with Crippen molar-refractivity contribution in [2.24, 2.45) is 0 Å². The van der Waals surface area contributed by atoms with Crippen molar-refractivity contribution in [3.05, 3.63) is 64.4 Å². The highest BCUT2D eigenvalue weighted by atomic mass is 35.5. The second-order valence-electron chi connectivity index (χ2n) is 8.48. The monoisotopic (exact) mass is 528 g/mol.